The van der Waals surface area contributed by atoms with E-state index in [2.05, 4.69) is 15.2 Å². The first-order valence-corrected chi connectivity index (χ1v) is 7.81. The molecule has 0 spiro atoms. The summed E-state index contributed by atoms with van der Waals surface area (Å²) in [5.41, 5.74) is 1.72. The number of nitrogens with zero attached hydrogens (tertiary/aromatic N) is 4. The van der Waals surface area contributed by atoms with Gasteiger partial charge in [0, 0.05) is 17.1 Å². The monoisotopic (exact) mass is 338 g/mol. The predicted octanol–water partition coefficient (Wildman–Crippen LogP) is 4.05. The van der Waals surface area contributed by atoms with Gasteiger partial charge in [0.15, 0.2) is 5.16 Å². The van der Waals surface area contributed by atoms with E-state index in [1.807, 2.05) is 19.9 Å². The maximum absolute atomic E-state index is 12.7. The summed E-state index contributed by atoms with van der Waals surface area (Å²) in [4.78, 5) is 4.29. The van der Waals surface area contributed by atoms with Crippen molar-refractivity contribution in [1.29, 1.82) is 0 Å². The summed E-state index contributed by atoms with van der Waals surface area (Å²) in [5.74, 6) is 0.868. The quantitative estimate of drug-likeness (QED) is 0.676. The third-order valence-electron chi connectivity index (χ3n) is 3.29. The maximum Gasteiger partial charge on any atom is 0.416 e. The molecule has 0 amide bonds. The van der Waals surface area contributed by atoms with Gasteiger partial charge in [-0.15, -0.1) is 10.2 Å². The van der Waals surface area contributed by atoms with Crippen LogP contribution in [0.25, 0.3) is 5.78 Å². The van der Waals surface area contributed by atoms with Crippen LogP contribution in [0, 0.1) is 13.8 Å². The van der Waals surface area contributed by atoms with Gasteiger partial charge in [0.2, 0.25) is 0 Å². The average molecular weight is 338 g/mol. The van der Waals surface area contributed by atoms with Crippen molar-refractivity contribution < 1.29 is 13.2 Å². The number of thioether (sulfide) groups is 1. The predicted molar refractivity (Wildman–Crippen MR) is 81.3 cm³/mol. The van der Waals surface area contributed by atoms with Gasteiger partial charge in [-0.05, 0) is 31.5 Å². The average Bonchev–Trinajstić information content (AvgIpc) is 2.87. The molecule has 1 aromatic carbocycles. The summed E-state index contributed by atoms with van der Waals surface area (Å²) in [6.07, 6.45) is -4.33. The summed E-state index contributed by atoms with van der Waals surface area (Å²) in [5, 5.41) is 8.70. The van der Waals surface area contributed by atoms with E-state index in [0.717, 1.165) is 23.5 Å². The largest absolute Gasteiger partial charge is 0.416 e. The van der Waals surface area contributed by atoms with Crippen molar-refractivity contribution in [2.75, 3.05) is 0 Å². The summed E-state index contributed by atoms with van der Waals surface area (Å²) in [6.45, 7) is 3.79. The van der Waals surface area contributed by atoms with Crippen molar-refractivity contribution >= 4 is 17.5 Å². The molecule has 0 N–H and O–H groups in total. The molecule has 0 atom stereocenters. The second kappa shape index (κ2) is 5.84. The number of hydrogen-bond acceptors (Lipinski definition) is 4. The molecule has 0 bridgehead atoms. The molecule has 4 nitrogen and oxygen atoms in total. The van der Waals surface area contributed by atoms with Gasteiger partial charge in [-0.2, -0.15) is 13.2 Å². The number of rotatable bonds is 3. The van der Waals surface area contributed by atoms with Gasteiger partial charge in [0.1, 0.15) is 0 Å². The van der Waals surface area contributed by atoms with Gasteiger partial charge in [-0.1, -0.05) is 30.0 Å². The first-order chi connectivity index (χ1) is 10.8. The molecule has 3 aromatic rings. The van der Waals surface area contributed by atoms with Crippen LogP contribution in [0.1, 0.15) is 22.5 Å². The molecule has 0 aliphatic rings. The lowest BCUT2D eigenvalue weighted by atomic mass is 10.1. The van der Waals surface area contributed by atoms with Crippen LogP contribution < -0.4 is 0 Å². The van der Waals surface area contributed by atoms with Crippen molar-refractivity contribution in [2.24, 2.45) is 0 Å². The van der Waals surface area contributed by atoms with Gasteiger partial charge in [-0.25, -0.2) is 4.98 Å². The van der Waals surface area contributed by atoms with Crippen molar-refractivity contribution in [3.8, 4) is 0 Å². The second-order valence-corrected chi connectivity index (χ2v) is 6.09. The van der Waals surface area contributed by atoms with Crippen LogP contribution in [0.3, 0.4) is 0 Å². The molecule has 0 saturated carbocycles. The summed E-state index contributed by atoms with van der Waals surface area (Å²) < 4.78 is 40.0. The smallest absolute Gasteiger partial charge is 0.259 e. The van der Waals surface area contributed by atoms with Gasteiger partial charge in [0.25, 0.3) is 5.78 Å². The van der Waals surface area contributed by atoms with Crippen LogP contribution in [0.15, 0.2) is 35.5 Å². The van der Waals surface area contributed by atoms with Crippen LogP contribution >= 0.6 is 11.8 Å². The Balaban J connectivity index is 1.84. The summed E-state index contributed by atoms with van der Waals surface area (Å²) in [6, 6.07) is 7.21. The lowest BCUT2D eigenvalue weighted by Gasteiger charge is -2.08. The zero-order valence-electron chi connectivity index (χ0n) is 12.4. The minimum Gasteiger partial charge on any atom is -0.259 e. The molecular formula is C15H13F3N4S. The molecule has 2 aromatic heterocycles. The third kappa shape index (κ3) is 3.31. The number of fused-ring (bicyclic) bond motifs is 1. The molecule has 8 heteroatoms. The fraction of sp³-hybridized carbons (Fsp3) is 0.267. The van der Waals surface area contributed by atoms with Crippen LogP contribution in [0.4, 0.5) is 13.2 Å². The number of alkyl halides is 3. The molecule has 0 aliphatic carbocycles. The minimum atomic E-state index is -4.33. The van der Waals surface area contributed by atoms with E-state index >= 15 is 0 Å². The second-order valence-electron chi connectivity index (χ2n) is 5.14. The lowest BCUT2D eigenvalue weighted by molar-refractivity contribution is -0.137. The Labute approximate surface area is 134 Å². The van der Waals surface area contributed by atoms with Crippen molar-refractivity contribution in [1.82, 2.24) is 19.6 Å². The molecule has 0 aliphatic heterocycles. The first kappa shape index (κ1) is 15.8. The number of halogens is 3. The van der Waals surface area contributed by atoms with E-state index in [-0.39, 0.29) is 0 Å². The molecule has 3 rings (SSSR count). The minimum absolute atomic E-state index is 0.373. The Morgan fingerprint density at radius 3 is 2.65 bits per heavy atom. The highest BCUT2D eigenvalue weighted by Gasteiger charge is 2.30. The zero-order valence-corrected chi connectivity index (χ0v) is 13.2. The molecule has 120 valence electrons. The van der Waals surface area contributed by atoms with E-state index in [1.165, 1.54) is 17.8 Å². The molecule has 0 fully saturated rings. The Kier molecular flexibility index (Phi) is 4.01. The molecule has 0 saturated heterocycles. The molecule has 23 heavy (non-hydrogen) atoms. The van der Waals surface area contributed by atoms with Crippen LogP contribution in [-0.4, -0.2) is 19.6 Å². The highest BCUT2D eigenvalue weighted by atomic mass is 32.2. The zero-order chi connectivity index (χ0) is 16.6. The molecule has 2 heterocycles. The van der Waals surface area contributed by atoms with Gasteiger partial charge >= 0.3 is 6.18 Å². The van der Waals surface area contributed by atoms with Crippen molar-refractivity contribution in [3.63, 3.8) is 0 Å². The maximum atomic E-state index is 12.7. The number of aryl methyl sites for hydroxylation is 2. The van der Waals surface area contributed by atoms with E-state index in [1.54, 1.807) is 10.5 Å². The van der Waals surface area contributed by atoms with Crippen molar-refractivity contribution in [3.05, 3.63) is 52.8 Å². The first-order valence-electron chi connectivity index (χ1n) is 6.83. The highest BCUT2D eigenvalue weighted by Crippen LogP contribution is 2.31. The Morgan fingerprint density at radius 2 is 1.91 bits per heavy atom. The molecule has 0 radical (unpaired) electrons. The van der Waals surface area contributed by atoms with Crippen LogP contribution in [0.2, 0.25) is 0 Å². The normalized spacial score (nSPS) is 12.0. The third-order valence-corrected chi connectivity index (χ3v) is 4.29. The topological polar surface area (TPSA) is 43.1 Å². The van der Waals surface area contributed by atoms with E-state index in [0.29, 0.717) is 22.3 Å². The Morgan fingerprint density at radius 1 is 1.13 bits per heavy atom. The number of benzene rings is 1. The molecule has 0 unspecified atom stereocenters. The lowest BCUT2D eigenvalue weighted by Crippen LogP contribution is -2.05. The Hall–Kier alpha value is -2.09. The summed E-state index contributed by atoms with van der Waals surface area (Å²) >= 11 is 1.33. The van der Waals surface area contributed by atoms with Crippen LogP contribution in [-0.2, 0) is 11.9 Å². The number of aromatic nitrogens is 4. The van der Waals surface area contributed by atoms with Crippen LogP contribution in [0.5, 0.6) is 0 Å². The van der Waals surface area contributed by atoms with E-state index in [9.17, 15) is 13.2 Å². The molecular weight excluding hydrogens is 325 g/mol. The fourth-order valence-electron chi connectivity index (χ4n) is 2.28. The fourth-order valence-corrected chi connectivity index (χ4v) is 3.21. The SMILES string of the molecule is Cc1cc(C)n2c(SCc3cccc(C(F)(F)F)c3)nnc2n1. The van der Waals surface area contributed by atoms with Gasteiger partial charge in [-0.3, -0.25) is 4.40 Å². The Bertz CT molecular complexity index is 858. The van der Waals surface area contributed by atoms with Gasteiger partial charge < -0.3 is 0 Å². The van der Waals surface area contributed by atoms with E-state index < -0.39 is 11.7 Å². The summed E-state index contributed by atoms with van der Waals surface area (Å²) in [7, 11) is 0. The standard InChI is InChI=1S/C15H13F3N4S/c1-9-6-10(2)22-13(19-9)20-21-14(22)23-8-11-4-3-5-12(7-11)15(16,17)18/h3-7H,8H2,1-2H3. The highest BCUT2D eigenvalue weighted by molar-refractivity contribution is 7.98. The van der Waals surface area contributed by atoms with Gasteiger partial charge in [0.05, 0.1) is 5.56 Å². The van der Waals surface area contributed by atoms with E-state index in [4.69, 9.17) is 0 Å². The number of hydrogen-bond donors (Lipinski definition) is 0. The van der Waals surface area contributed by atoms with Crippen molar-refractivity contribution in [2.45, 2.75) is 30.9 Å².